The van der Waals surface area contributed by atoms with E-state index in [1.807, 2.05) is 4.98 Å². The van der Waals surface area contributed by atoms with Gasteiger partial charge >= 0.3 is 11.9 Å². The Kier molecular flexibility index (Phi) is 5.50. The third-order valence-corrected chi connectivity index (χ3v) is 4.20. The normalized spacial score (nSPS) is 10.6. The lowest BCUT2D eigenvalue weighted by atomic mass is 9.95. The van der Waals surface area contributed by atoms with Crippen molar-refractivity contribution in [2.75, 3.05) is 5.73 Å². The van der Waals surface area contributed by atoms with E-state index in [1.165, 1.54) is 24.3 Å². The summed E-state index contributed by atoms with van der Waals surface area (Å²) < 4.78 is 31.9. The van der Waals surface area contributed by atoms with E-state index in [-0.39, 0.29) is 23.5 Å². The molecule has 0 spiro atoms. The van der Waals surface area contributed by atoms with E-state index < -0.39 is 46.1 Å². The largest absolute Gasteiger partial charge is 0.486 e. The van der Waals surface area contributed by atoms with Gasteiger partial charge in [-0.1, -0.05) is 24.3 Å². The topological polar surface area (TPSA) is 143 Å². The van der Waals surface area contributed by atoms with Gasteiger partial charge in [-0.2, -0.15) is 0 Å². The standard InChI is InChI=1S/C20H14F2N2O6/c21-11-5-6-13(12(22)7-11)30-8-9-1-3-10(4-2-9)14-15(19(26)27)17(23)24-18(25)16(14)20(28)29/h1-7H,8H2,(H,26,27)(H,28,29)(H3,23,24,25). The molecular formula is C20H14F2N2O6. The summed E-state index contributed by atoms with van der Waals surface area (Å²) in [6, 6.07) is 8.57. The van der Waals surface area contributed by atoms with Gasteiger partial charge in [0.1, 0.15) is 29.4 Å². The maximum absolute atomic E-state index is 13.6. The first-order valence-electron chi connectivity index (χ1n) is 8.38. The van der Waals surface area contributed by atoms with E-state index in [0.29, 0.717) is 11.6 Å². The summed E-state index contributed by atoms with van der Waals surface area (Å²) >= 11 is 0. The fraction of sp³-hybridized carbons (Fsp3) is 0.0500. The van der Waals surface area contributed by atoms with Crippen molar-refractivity contribution < 1.29 is 33.3 Å². The number of benzene rings is 2. The molecule has 0 aliphatic heterocycles. The number of rotatable bonds is 6. The number of pyridine rings is 1. The van der Waals surface area contributed by atoms with E-state index in [4.69, 9.17) is 10.5 Å². The molecule has 1 aromatic heterocycles. The van der Waals surface area contributed by atoms with Crippen LogP contribution in [0.5, 0.6) is 5.75 Å². The predicted octanol–water partition coefficient (Wildman–Crippen LogP) is 2.88. The van der Waals surface area contributed by atoms with Crippen molar-refractivity contribution >= 4 is 17.8 Å². The van der Waals surface area contributed by atoms with Gasteiger partial charge in [0.05, 0.1) is 0 Å². The van der Waals surface area contributed by atoms with Gasteiger partial charge in [-0.25, -0.2) is 18.4 Å². The Bertz CT molecular complexity index is 1210. The average molecular weight is 416 g/mol. The molecule has 0 radical (unpaired) electrons. The van der Waals surface area contributed by atoms with Gasteiger partial charge in [-0.15, -0.1) is 0 Å². The Morgan fingerprint density at radius 3 is 2.20 bits per heavy atom. The van der Waals surface area contributed by atoms with Crippen LogP contribution in [0.25, 0.3) is 11.1 Å². The Balaban J connectivity index is 1.97. The van der Waals surface area contributed by atoms with Crippen molar-refractivity contribution in [3.63, 3.8) is 0 Å². The molecule has 154 valence electrons. The Morgan fingerprint density at radius 2 is 1.63 bits per heavy atom. The van der Waals surface area contributed by atoms with Crippen LogP contribution < -0.4 is 16.0 Å². The van der Waals surface area contributed by atoms with Crippen LogP contribution in [0.1, 0.15) is 26.3 Å². The minimum Gasteiger partial charge on any atom is -0.486 e. The number of hydrogen-bond donors (Lipinski definition) is 4. The number of carbonyl (C=O) groups is 2. The number of halogens is 2. The van der Waals surface area contributed by atoms with Gasteiger partial charge in [0.15, 0.2) is 11.6 Å². The molecule has 10 heteroatoms. The third-order valence-electron chi connectivity index (χ3n) is 4.20. The molecule has 0 aliphatic carbocycles. The molecule has 0 amide bonds. The minimum absolute atomic E-state index is 0.0993. The first-order chi connectivity index (χ1) is 14.2. The van der Waals surface area contributed by atoms with Crippen LogP contribution in [0.4, 0.5) is 14.6 Å². The fourth-order valence-electron chi connectivity index (χ4n) is 2.86. The summed E-state index contributed by atoms with van der Waals surface area (Å²) in [4.78, 5) is 37.2. The second kappa shape index (κ2) is 8.03. The number of nitrogens with one attached hydrogen (secondary N) is 1. The first-order valence-corrected chi connectivity index (χ1v) is 8.38. The van der Waals surface area contributed by atoms with Crippen molar-refractivity contribution in [1.82, 2.24) is 4.98 Å². The maximum Gasteiger partial charge on any atom is 0.342 e. The van der Waals surface area contributed by atoms with Gasteiger partial charge in [-0.3, -0.25) is 4.79 Å². The number of carboxylic acid groups (broad SMARTS) is 2. The number of anilines is 1. The summed E-state index contributed by atoms with van der Waals surface area (Å²) in [5, 5.41) is 18.8. The lowest BCUT2D eigenvalue weighted by Gasteiger charge is -2.13. The molecule has 2 aromatic carbocycles. The monoisotopic (exact) mass is 416 g/mol. The van der Waals surface area contributed by atoms with Gasteiger partial charge in [0, 0.05) is 11.6 Å². The van der Waals surface area contributed by atoms with Crippen LogP contribution >= 0.6 is 0 Å². The maximum atomic E-state index is 13.6. The van der Waals surface area contributed by atoms with Crippen molar-refractivity contribution in [2.24, 2.45) is 0 Å². The van der Waals surface area contributed by atoms with Gasteiger partial charge in [0.25, 0.3) is 5.56 Å². The van der Waals surface area contributed by atoms with Crippen molar-refractivity contribution in [3.05, 3.63) is 81.1 Å². The molecule has 5 N–H and O–H groups in total. The molecule has 0 atom stereocenters. The Labute approximate surface area is 167 Å². The first kappa shape index (κ1) is 20.5. The van der Waals surface area contributed by atoms with E-state index in [9.17, 15) is 33.4 Å². The molecule has 0 saturated heterocycles. The number of hydrogen-bond acceptors (Lipinski definition) is 5. The smallest absolute Gasteiger partial charge is 0.342 e. The number of carboxylic acids is 2. The number of H-pyrrole nitrogens is 1. The lowest BCUT2D eigenvalue weighted by molar-refractivity contribution is 0.0695. The fourth-order valence-corrected chi connectivity index (χ4v) is 2.86. The SMILES string of the molecule is Nc1[nH]c(=O)c(C(=O)O)c(-c2ccc(COc3ccc(F)cc3F)cc2)c1C(=O)O. The highest BCUT2D eigenvalue weighted by molar-refractivity contribution is 6.07. The summed E-state index contributed by atoms with van der Waals surface area (Å²) in [5.41, 5.74) is 3.53. The van der Waals surface area contributed by atoms with Gasteiger partial charge in [0.2, 0.25) is 0 Å². The molecule has 3 rings (SSSR count). The number of aromatic carboxylic acids is 2. The third kappa shape index (κ3) is 3.97. The van der Waals surface area contributed by atoms with Crippen molar-refractivity contribution in [2.45, 2.75) is 6.61 Å². The molecule has 0 saturated carbocycles. The molecule has 1 heterocycles. The Hall–Kier alpha value is -4.21. The highest BCUT2D eigenvalue weighted by Crippen LogP contribution is 2.29. The van der Waals surface area contributed by atoms with Crippen LogP contribution in [0, 0.1) is 11.6 Å². The minimum atomic E-state index is -1.62. The van der Waals surface area contributed by atoms with E-state index in [1.54, 1.807) is 0 Å². The number of aromatic amines is 1. The van der Waals surface area contributed by atoms with Crippen LogP contribution in [0.2, 0.25) is 0 Å². The lowest BCUT2D eigenvalue weighted by Crippen LogP contribution is -2.24. The highest BCUT2D eigenvalue weighted by atomic mass is 19.1. The predicted molar refractivity (Wildman–Crippen MR) is 102 cm³/mol. The van der Waals surface area contributed by atoms with Gasteiger partial charge in [-0.05, 0) is 23.3 Å². The van der Waals surface area contributed by atoms with Crippen molar-refractivity contribution in [3.8, 4) is 16.9 Å². The number of nitrogen functional groups attached to an aromatic ring is 1. The van der Waals surface area contributed by atoms with Crippen LogP contribution in [0.15, 0.2) is 47.3 Å². The van der Waals surface area contributed by atoms with E-state index in [2.05, 4.69) is 0 Å². The summed E-state index contributed by atoms with van der Waals surface area (Å²) in [6.07, 6.45) is 0. The van der Waals surface area contributed by atoms with Crippen molar-refractivity contribution in [1.29, 1.82) is 0 Å². The second-order valence-electron chi connectivity index (χ2n) is 6.16. The molecule has 0 fully saturated rings. The molecule has 30 heavy (non-hydrogen) atoms. The number of ether oxygens (including phenoxy) is 1. The van der Waals surface area contributed by atoms with Gasteiger partial charge < -0.3 is 25.7 Å². The zero-order chi connectivity index (χ0) is 22.0. The molecule has 8 nitrogen and oxygen atoms in total. The van der Waals surface area contributed by atoms with E-state index in [0.717, 1.165) is 12.1 Å². The molecule has 0 aliphatic rings. The van der Waals surface area contributed by atoms with Crippen LogP contribution in [-0.4, -0.2) is 27.1 Å². The summed E-state index contributed by atoms with van der Waals surface area (Å²) in [5.74, 6) is -5.39. The second-order valence-corrected chi connectivity index (χ2v) is 6.16. The van der Waals surface area contributed by atoms with Crippen LogP contribution in [0.3, 0.4) is 0 Å². The Morgan fingerprint density at radius 1 is 1.00 bits per heavy atom. The number of aromatic nitrogens is 1. The quantitative estimate of drug-likeness (QED) is 0.484. The number of nitrogens with two attached hydrogens (primary N) is 1. The zero-order valence-electron chi connectivity index (χ0n) is 15.1. The molecule has 0 unspecified atom stereocenters. The summed E-state index contributed by atoms with van der Waals surface area (Å²) in [6.45, 7) is -0.0993. The molecule has 3 aromatic rings. The average Bonchev–Trinajstić information content (AvgIpc) is 2.66. The van der Waals surface area contributed by atoms with E-state index >= 15 is 0 Å². The molecular weight excluding hydrogens is 402 g/mol. The van der Waals surface area contributed by atoms with Crippen LogP contribution in [-0.2, 0) is 6.61 Å². The molecule has 0 bridgehead atoms. The zero-order valence-corrected chi connectivity index (χ0v) is 15.1. The summed E-state index contributed by atoms with van der Waals surface area (Å²) in [7, 11) is 0. The highest BCUT2D eigenvalue weighted by Gasteiger charge is 2.26.